The number of carbonyl (C=O) groups excluding carboxylic acids is 1. The van der Waals surface area contributed by atoms with Gasteiger partial charge in [0.2, 0.25) is 5.15 Å². The largest absolute Gasteiger partial charge is 0.320 e. The summed E-state index contributed by atoms with van der Waals surface area (Å²) in [6.45, 7) is 0. The van der Waals surface area contributed by atoms with Gasteiger partial charge in [-0.15, -0.1) is 0 Å². The van der Waals surface area contributed by atoms with Crippen LogP contribution < -0.4 is 5.32 Å². The smallest absolute Gasteiger partial charge is 0.319 e. The zero-order valence-corrected chi connectivity index (χ0v) is 13.1. The summed E-state index contributed by atoms with van der Waals surface area (Å²) in [6.07, 6.45) is 2.53. The monoisotopic (exact) mass is 390 g/mol. The van der Waals surface area contributed by atoms with E-state index in [2.05, 4.69) is 31.2 Å². The molecular formula is C11H5BrCl2N4O3. The topological polar surface area (TPSA) is 98.0 Å². The molecule has 0 aliphatic heterocycles. The minimum Gasteiger partial charge on any atom is -0.320 e. The summed E-state index contributed by atoms with van der Waals surface area (Å²) < 4.78 is 0.476. The fourth-order valence-electron chi connectivity index (χ4n) is 1.47. The number of halogens is 3. The highest BCUT2D eigenvalue weighted by Crippen LogP contribution is 2.27. The fraction of sp³-hybridized carbons (Fsp3) is 0. The lowest BCUT2D eigenvalue weighted by atomic mass is 10.2. The van der Waals surface area contributed by atoms with Gasteiger partial charge in [-0.1, -0.05) is 23.2 Å². The van der Waals surface area contributed by atoms with Gasteiger partial charge in [-0.2, -0.15) is 0 Å². The van der Waals surface area contributed by atoms with Crippen LogP contribution in [0.15, 0.2) is 29.0 Å². The van der Waals surface area contributed by atoms with Gasteiger partial charge in [-0.05, 0) is 28.1 Å². The van der Waals surface area contributed by atoms with Crippen molar-refractivity contribution in [2.75, 3.05) is 5.32 Å². The molecule has 1 N–H and O–H groups in total. The summed E-state index contributed by atoms with van der Waals surface area (Å²) in [5.41, 5.74) is -0.442. The molecule has 0 bridgehead atoms. The number of nitrogens with one attached hydrogen (secondary N) is 1. The predicted molar refractivity (Wildman–Crippen MR) is 80.8 cm³/mol. The molecule has 0 spiro atoms. The molecule has 0 aliphatic carbocycles. The van der Waals surface area contributed by atoms with Gasteiger partial charge in [0, 0.05) is 6.20 Å². The second kappa shape index (κ2) is 6.33. The van der Waals surface area contributed by atoms with Crippen LogP contribution >= 0.6 is 39.1 Å². The first-order chi connectivity index (χ1) is 9.90. The lowest BCUT2D eigenvalue weighted by Gasteiger charge is -2.06. The highest BCUT2D eigenvalue weighted by molar-refractivity contribution is 9.10. The van der Waals surface area contributed by atoms with Crippen molar-refractivity contribution >= 4 is 56.4 Å². The highest BCUT2D eigenvalue weighted by Gasteiger charge is 2.25. The Labute approximate surface area is 136 Å². The van der Waals surface area contributed by atoms with E-state index >= 15 is 0 Å². The van der Waals surface area contributed by atoms with Gasteiger partial charge in [-0.25, -0.2) is 9.97 Å². The van der Waals surface area contributed by atoms with Gasteiger partial charge >= 0.3 is 5.69 Å². The summed E-state index contributed by atoms with van der Waals surface area (Å²) in [7, 11) is 0. The Morgan fingerprint density at radius 2 is 2.05 bits per heavy atom. The van der Waals surface area contributed by atoms with Crippen LogP contribution in [0.25, 0.3) is 0 Å². The number of carbonyl (C=O) groups is 1. The molecule has 7 nitrogen and oxygen atoms in total. The molecule has 21 heavy (non-hydrogen) atoms. The van der Waals surface area contributed by atoms with E-state index < -0.39 is 16.5 Å². The number of nitro groups is 1. The number of anilines is 1. The van der Waals surface area contributed by atoms with Gasteiger partial charge in [-0.3, -0.25) is 14.9 Å². The molecule has 0 aromatic carbocycles. The Morgan fingerprint density at radius 1 is 1.33 bits per heavy atom. The first-order valence-electron chi connectivity index (χ1n) is 5.31. The Bertz CT molecular complexity index is 741. The van der Waals surface area contributed by atoms with Crippen LogP contribution in [0.4, 0.5) is 11.4 Å². The minimum absolute atomic E-state index is 0.203. The van der Waals surface area contributed by atoms with E-state index in [9.17, 15) is 14.9 Å². The van der Waals surface area contributed by atoms with Crippen LogP contribution in [0.5, 0.6) is 0 Å². The number of amides is 1. The zero-order chi connectivity index (χ0) is 15.6. The van der Waals surface area contributed by atoms with Gasteiger partial charge in [0.15, 0.2) is 0 Å². The Hall–Kier alpha value is -1.77. The van der Waals surface area contributed by atoms with Crippen LogP contribution in [0.2, 0.25) is 10.3 Å². The number of pyridine rings is 2. The van der Waals surface area contributed by atoms with Crippen LogP contribution in [-0.4, -0.2) is 20.8 Å². The highest BCUT2D eigenvalue weighted by atomic mass is 79.9. The van der Waals surface area contributed by atoms with E-state index in [1.807, 2.05) is 0 Å². The van der Waals surface area contributed by atoms with Crippen molar-refractivity contribution in [3.8, 4) is 0 Å². The van der Waals surface area contributed by atoms with Crippen molar-refractivity contribution in [1.29, 1.82) is 0 Å². The third-order valence-electron chi connectivity index (χ3n) is 2.36. The average molecular weight is 392 g/mol. The maximum atomic E-state index is 12.1. The average Bonchev–Trinajstić information content (AvgIpc) is 2.42. The molecule has 2 aromatic heterocycles. The van der Waals surface area contributed by atoms with E-state index in [1.54, 1.807) is 0 Å². The second-order valence-corrected chi connectivity index (χ2v) is 5.28. The molecule has 0 fully saturated rings. The van der Waals surface area contributed by atoms with Crippen molar-refractivity contribution < 1.29 is 9.72 Å². The Balaban J connectivity index is 2.35. The SMILES string of the molecule is O=C(Nc1cnc(Cl)c(Br)c1)c1ccnc(Cl)c1[N+](=O)[O-]. The van der Waals surface area contributed by atoms with E-state index in [4.69, 9.17) is 23.2 Å². The summed E-state index contributed by atoms with van der Waals surface area (Å²) >= 11 is 14.5. The first-order valence-corrected chi connectivity index (χ1v) is 6.86. The van der Waals surface area contributed by atoms with Gasteiger partial charge in [0.25, 0.3) is 5.91 Å². The molecule has 0 saturated carbocycles. The van der Waals surface area contributed by atoms with Crippen molar-refractivity contribution in [2.45, 2.75) is 0 Å². The van der Waals surface area contributed by atoms with Crippen molar-refractivity contribution in [3.63, 3.8) is 0 Å². The number of hydrogen-bond acceptors (Lipinski definition) is 5. The van der Waals surface area contributed by atoms with E-state index in [-0.39, 0.29) is 15.9 Å². The lowest BCUT2D eigenvalue weighted by Crippen LogP contribution is -2.14. The lowest BCUT2D eigenvalue weighted by molar-refractivity contribution is -0.385. The van der Waals surface area contributed by atoms with Gasteiger partial charge in [0.05, 0.1) is 21.3 Å². The van der Waals surface area contributed by atoms with E-state index in [1.165, 1.54) is 24.5 Å². The maximum Gasteiger partial charge on any atom is 0.319 e. The third kappa shape index (κ3) is 3.46. The van der Waals surface area contributed by atoms with E-state index in [0.29, 0.717) is 10.2 Å². The van der Waals surface area contributed by atoms with Crippen LogP contribution in [0, 0.1) is 10.1 Å². The number of nitrogens with zero attached hydrogens (tertiary/aromatic N) is 3. The molecule has 2 aromatic rings. The number of aromatic nitrogens is 2. The Morgan fingerprint density at radius 3 is 2.67 bits per heavy atom. The zero-order valence-electron chi connectivity index (χ0n) is 10.0. The third-order valence-corrected chi connectivity index (χ3v) is 3.77. The summed E-state index contributed by atoms with van der Waals surface area (Å²) in [5.74, 6) is -0.706. The quantitative estimate of drug-likeness (QED) is 0.488. The number of rotatable bonds is 3. The fourth-order valence-corrected chi connectivity index (χ4v) is 2.15. The molecule has 0 saturated heterocycles. The normalized spacial score (nSPS) is 10.2. The molecule has 2 heterocycles. The molecule has 0 radical (unpaired) electrons. The molecule has 0 aliphatic rings. The molecule has 10 heteroatoms. The molecular weight excluding hydrogens is 387 g/mol. The standard InChI is InChI=1S/C11H5BrCl2N4O3/c12-7-3-5(4-16-9(7)13)17-11(19)6-1-2-15-10(14)8(6)18(20)21/h1-4H,(H,17,19). The summed E-state index contributed by atoms with van der Waals surface area (Å²) in [5, 5.41) is 13.3. The molecule has 1 amide bonds. The van der Waals surface area contributed by atoms with Crippen molar-refractivity contribution in [2.24, 2.45) is 0 Å². The molecule has 108 valence electrons. The maximum absolute atomic E-state index is 12.1. The van der Waals surface area contributed by atoms with E-state index in [0.717, 1.165) is 0 Å². The van der Waals surface area contributed by atoms with Crippen molar-refractivity contribution in [3.05, 3.63) is 55.0 Å². The second-order valence-electron chi connectivity index (χ2n) is 3.71. The summed E-state index contributed by atoms with van der Waals surface area (Å²) in [4.78, 5) is 29.7. The van der Waals surface area contributed by atoms with Gasteiger partial charge in [0.1, 0.15) is 10.7 Å². The summed E-state index contributed by atoms with van der Waals surface area (Å²) in [6, 6.07) is 2.72. The minimum atomic E-state index is -0.764. The van der Waals surface area contributed by atoms with Crippen molar-refractivity contribution in [1.82, 2.24) is 9.97 Å². The van der Waals surface area contributed by atoms with Gasteiger partial charge < -0.3 is 5.32 Å². The van der Waals surface area contributed by atoms with Crippen LogP contribution in [-0.2, 0) is 0 Å². The number of hydrogen-bond donors (Lipinski definition) is 1. The predicted octanol–water partition coefficient (Wildman–Crippen LogP) is 3.71. The molecule has 0 atom stereocenters. The van der Waals surface area contributed by atoms with Crippen LogP contribution in [0.3, 0.4) is 0 Å². The first kappa shape index (κ1) is 15.6. The molecule has 2 rings (SSSR count). The molecule has 0 unspecified atom stereocenters. The van der Waals surface area contributed by atoms with Crippen LogP contribution in [0.1, 0.15) is 10.4 Å². The Kier molecular flexibility index (Phi) is 4.71.